The maximum absolute atomic E-state index is 11.1. The van der Waals surface area contributed by atoms with Crippen LogP contribution < -0.4 is 0 Å². The highest BCUT2D eigenvalue weighted by atomic mass is 16.5. The average molecular weight is 259 g/mol. The molecule has 0 saturated carbocycles. The molecule has 0 bridgehead atoms. The van der Waals surface area contributed by atoms with E-state index in [0.717, 1.165) is 5.52 Å². The Bertz CT molecular complexity index is 613. The van der Waals surface area contributed by atoms with Crippen molar-refractivity contribution in [2.45, 2.75) is 18.8 Å². The van der Waals surface area contributed by atoms with E-state index in [0.29, 0.717) is 19.6 Å². The number of para-hydroxylation sites is 1. The topological polar surface area (TPSA) is 62.3 Å². The van der Waals surface area contributed by atoms with Gasteiger partial charge in [-0.3, -0.25) is 4.79 Å². The van der Waals surface area contributed by atoms with Crippen molar-refractivity contribution in [2.24, 2.45) is 5.92 Å². The van der Waals surface area contributed by atoms with Gasteiger partial charge in [-0.25, -0.2) is 0 Å². The Morgan fingerprint density at radius 2 is 2.21 bits per heavy atom. The number of aromatic amines is 1. The maximum Gasteiger partial charge on any atom is 0.306 e. The first kappa shape index (κ1) is 12.2. The molecular formula is C15H17NO3. The van der Waals surface area contributed by atoms with Crippen LogP contribution in [-0.4, -0.2) is 29.3 Å². The van der Waals surface area contributed by atoms with E-state index in [1.165, 1.54) is 10.9 Å². The zero-order chi connectivity index (χ0) is 13.5. The van der Waals surface area contributed by atoms with E-state index in [9.17, 15) is 4.79 Å². The van der Waals surface area contributed by atoms with Crippen LogP contribution in [0.4, 0.5) is 0 Å². The van der Waals surface area contributed by atoms with Gasteiger partial charge in [0.25, 0.3) is 0 Å². The fraction of sp³-hybridized carbons (Fsp3) is 0.400. The first-order chi connectivity index (χ1) is 9.12. The predicted molar refractivity (Wildman–Crippen MR) is 72.2 cm³/mol. The van der Waals surface area contributed by atoms with Crippen molar-refractivity contribution in [2.75, 3.05) is 13.2 Å². The lowest BCUT2D eigenvalue weighted by molar-refractivity contribution is -0.144. The smallest absolute Gasteiger partial charge is 0.306 e. The fourth-order valence-electron chi connectivity index (χ4n) is 2.92. The van der Waals surface area contributed by atoms with Crippen molar-refractivity contribution in [3.05, 3.63) is 36.0 Å². The molecule has 0 aliphatic carbocycles. The van der Waals surface area contributed by atoms with Crippen LogP contribution in [0.3, 0.4) is 0 Å². The molecule has 0 spiro atoms. The molecule has 1 fully saturated rings. The first-order valence-corrected chi connectivity index (χ1v) is 6.49. The van der Waals surface area contributed by atoms with Crippen molar-refractivity contribution in [1.82, 2.24) is 4.98 Å². The Morgan fingerprint density at radius 3 is 2.84 bits per heavy atom. The Kier molecular flexibility index (Phi) is 2.82. The number of aromatic nitrogens is 1. The SMILES string of the molecule is CC(CC1(c2c[nH]c3ccccc23)COC1)C(=O)O. The first-order valence-electron chi connectivity index (χ1n) is 6.49. The van der Waals surface area contributed by atoms with Crippen LogP contribution in [0.2, 0.25) is 0 Å². The molecule has 2 N–H and O–H groups in total. The van der Waals surface area contributed by atoms with E-state index in [1.54, 1.807) is 6.92 Å². The molecule has 1 saturated heterocycles. The van der Waals surface area contributed by atoms with Crippen molar-refractivity contribution in [3.8, 4) is 0 Å². The Labute approximate surface area is 111 Å². The molecule has 1 aromatic heterocycles. The second-order valence-electron chi connectivity index (χ2n) is 5.46. The van der Waals surface area contributed by atoms with Crippen LogP contribution in [0.25, 0.3) is 10.9 Å². The van der Waals surface area contributed by atoms with Crippen LogP contribution >= 0.6 is 0 Å². The Hall–Kier alpha value is -1.81. The molecule has 4 heteroatoms. The number of hydrogen-bond acceptors (Lipinski definition) is 2. The second-order valence-corrected chi connectivity index (χ2v) is 5.46. The Balaban J connectivity index is 2.00. The molecule has 0 amide bonds. The van der Waals surface area contributed by atoms with Gasteiger partial charge in [0, 0.05) is 22.5 Å². The normalized spacial score (nSPS) is 19.0. The van der Waals surface area contributed by atoms with Crippen LogP contribution in [0, 0.1) is 5.92 Å². The molecule has 100 valence electrons. The lowest BCUT2D eigenvalue weighted by atomic mass is 9.72. The van der Waals surface area contributed by atoms with Gasteiger partial charge in [-0.1, -0.05) is 25.1 Å². The van der Waals surface area contributed by atoms with E-state index >= 15 is 0 Å². The summed E-state index contributed by atoms with van der Waals surface area (Å²) < 4.78 is 5.38. The number of benzene rings is 1. The summed E-state index contributed by atoms with van der Waals surface area (Å²) in [6, 6.07) is 8.11. The van der Waals surface area contributed by atoms with E-state index < -0.39 is 5.97 Å². The zero-order valence-electron chi connectivity index (χ0n) is 10.8. The predicted octanol–water partition coefficient (Wildman–Crippen LogP) is 2.55. The van der Waals surface area contributed by atoms with Gasteiger partial charge in [-0.15, -0.1) is 0 Å². The average Bonchev–Trinajstić information content (AvgIpc) is 2.77. The highest BCUT2D eigenvalue weighted by Crippen LogP contribution is 2.41. The lowest BCUT2D eigenvalue weighted by Gasteiger charge is -2.42. The number of nitrogens with one attached hydrogen (secondary N) is 1. The molecule has 1 aromatic carbocycles. The number of ether oxygens (including phenoxy) is 1. The minimum Gasteiger partial charge on any atom is -0.481 e. The number of carboxylic acids is 1. The summed E-state index contributed by atoms with van der Waals surface area (Å²) >= 11 is 0. The number of carbonyl (C=O) groups is 1. The monoisotopic (exact) mass is 259 g/mol. The van der Waals surface area contributed by atoms with Gasteiger partial charge >= 0.3 is 5.97 Å². The molecule has 0 radical (unpaired) electrons. The van der Waals surface area contributed by atoms with Gasteiger partial charge in [0.1, 0.15) is 0 Å². The molecule has 3 rings (SSSR count). The maximum atomic E-state index is 11.1. The molecule has 2 aromatic rings. The Morgan fingerprint density at radius 1 is 1.47 bits per heavy atom. The largest absolute Gasteiger partial charge is 0.481 e. The third kappa shape index (κ3) is 1.92. The number of fused-ring (bicyclic) bond motifs is 1. The summed E-state index contributed by atoms with van der Waals surface area (Å²) in [5, 5.41) is 10.3. The number of aliphatic carboxylic acids is 1. The van der Waals surface area contributed by atoms with Crippen molar-refractivity contribution in [3.63, 3.8) is 0 Å². The number of H-pyrrole nitrogens is 1. The highest BCUT2D eigenvalue weighted by molar-refractivity contribution is 5.84. The third-order valence-electron chi connectivity index (χ3n) is 4.04. The molecular weight excluding hydrogens is 242 g/mol. The summed E-state index contributed by atoms with van der Waals surface area (Å²) in [6.45, 7) is 2.97. The van der Waals surface area contributed by atoms with E-state index in [2.05, 4.69) is 11.1 Å². The van der Waals surface area contributed by atoms with E-state index in [1.807, 2.05) is 24.4 Å². The summed E-state index contributed by atoms with van der Waals surface area (Å²) in [5.41, 5.74) is 2.12. The van der Waals surface area contributed by atoms with Gasteiger partial charge in [-0.05, 0) is 18.1 Å². The van der Waals surface area contributed by atoms with E-state index in [4.69, 9.17) is 9.84 Å². The standard InChI is InChI=1S/C15H17NO3/c1-10(14(17)18)6-15(8-19-9-15)12-7-16-13-5-3-2-4-11(12)13/h2-5,7,10,16H,6,8-9H2,1H3,(H,17,18). The van der Waals surface area contributed by atoms with Gasteiger partial charge in [0.2, 0.25) is 0 Å². The molecule has 4 nitrogen and oxygen atoms in total. The van der Waals surface area contributed by atoms with Gasteiger partial charge < -0.3 is 14.8 Å². The van der Waals surface area contributed by atoms with Crippen LogP contribution in [0.5, 0.6) is 0 Å². The third-order valence-corrected chi connectivity index (χ3v) is 4.04. The zero-order valence-corrected chi connectivity index (χ0v) is 10.8. The summed E-state index contributed by atoms with van der Waals surface area (Å²) in [7, 11) is 0. The van der Waals surface area contributed by atoms with E-state index in [-0.39, 0.29) is 11.3 Å². The molecule has 1 aliphatic rings. The number of hydrogen-bond donors (Lipinski definition) is 2. The number of rotatable bonds is 4. The second kappa shape index (κ2) is 4.38. The fourth-order valence-corrected chi connectivity index (χ4v) is 2.92. The van der Waals surface area contributed by atoms with Crippen LogP contribution in [0.15, 0.2) is 30.5 Å². The van der Waals surface area contributed by atoms with Crippen molar-refractivity contribution >= 4 is 16.9 Å². The quantitative estimate of drug-likeness (QED) is 0.887. The van der Waals surface area contributed by atoms with Gasteiger partial charge in [0.05, 0.1) is 19.1 Å². The van der Waals surface area contributed by atoms with Gasteiger partial charge in [0.15, 0.2) is 0 Å². The molecule has 2 heterocycles. The summed E-state index contributed by atoms with van der Waals surface area (Å²) in [4.78, 5) is 14.4. The van der Waals surface area contributed by atoms with Crippen LogP contribution in [0.1, 0.15) is 18.9 Å². The van der Waals surface area contributed by atoms with Crippen molar-refractivity contribution < 1.29 is 14.6 Å². The minimum absolute atomic E-state index is 0.155. The lowest BCUT2D eigenvalue weighted by Crippen LogP contribution is -2.48. The molecule has 1 aliphatic heterocycles. The molecule has 1 atom stereocenters. The molecule has 19 heavy (non-hydrogen) atoms. The highest BCUT2D eigenvalue weighted by Gasteiger charge is 2.43. The van der Waals surface area contributed by atoms with Gasteiger partial charge in [-0.2, -0.15) is 0 Å². The summed E-state index contributed by atoms with van der Waals surface area (Å²) in [5.74, 6) is -1.11. The summed E-state index contributed by atoms with van der Waals surface area (Å²) in [6.07, 6.45) is 2.62. The number of carboxylic acid groups (broad SMARTS) is 1. The molecule has 1 unspecified atom stereocenters. The minimum atomic E-state index is -0.744. The van der Waals surface area contributed by atoms with Crippen molar-refractivity contribution in [1.29, 1.82) is 0 Å². The van der Waals surface area contributed by atoms with Crippen LogP contribution in [-0.2, 0) is 14.9 Å².